The van der Waals surface area contributed by atoms with Crippen LogP contribution in [0, 0.1) is 0 Å². The third-order valence-electron chi connectivity index (χ3n) is 8.23. The summed E-state index contributed by atoms with van der Waals surface area (Å²) in [7, 11) is 0. The predicted octanol–water partition coefficient (Wildman–Crippen LogP) is 9.51. The molecule has 0 aromatic heterocycles. The molecule has 0 aliphatic heterocycles. The minimum absolute atomic E-state index is 0.0119. The largest absolute Gasteiger partial charge is 0.389 e. The van der Waals surface area contributed by atoms with Crippen molar-refractivity contribution in [2.45, 2.75) is 109 Å². The highest BCUT2D eigenvalue weighted by atomic mass is 16.5. The first kappa shape index (κ1) is 35.3. The molecule has 2 N–H and O–H groups in total. The second-order valence-electron chi connectivity index (χ2n) is 11.9. The summed E-state index contributed by atoms with van der Waals surface area (Å²) in [6, 6.07) is 30.3. The third-order valence-corrected chi connectivity index (χ3v) is 8.23. The zero-order valence-corrected chi connectivity index (χ0v) is 27.0. The van der Waals surface area contributed by atoms with Crippen LogP contribution >= 0.6 is 0 Å². The fourth-order valence-electron chi connectivity index (χ4n) is 5.73. The molecule has 4 heteroatoms. The Kier molecular flexibility index (Phi) is 17.2. The lowest BCUT2D eigenvalue weighted by molar-refractivity contribution is -0.122. The number of nitrogens with one attached hydrogen (secondary N) is 1. The molecule has 0 fully saturated rings. The van der Waals surface area contributed by atoms with Crippen molar-refractivity contribution in [3.63, 3.8) is 0 Å². The Morgan fingerprint density at radius 3 is 1.59 bits per heavy atom. The Morgan fingerprint density at radius 1 is 0.682 bits per heavy atom. The van der Waals surface area contributed by atoms with E-state index in [-0.39, 0.29) is 19.1 Å². The Balaban J connectivity index is 1.36. The van der Waals surface area contributed by atoms with E-state index in [0.29, 0.717) is 6.42 Å². The first-order chi connectivity index (χ1) is 21.7. The number of aliphatic hydroxyl groups is 1. The molecule has 3 rings (SSSR count). The van der Waals surface area contributed by atoms with Gasteiger partial charge in [0.2, 0.25) is 5.91 Å². The van der Waals surface area contributed by atoms with E-state index in [4.69, 9.17) is 4.74 Å². The van der Waals surface area contributed by atoms with Gasteiger partial charge in [0.05, 0.1) is 12.7 Å². The smallest absolute Gasteiger partial charge is 0.220 e. The molecule has 0 radical (unpaired) electrons. The molecule has 0 aliphatic rings. The number of allylic oxidation sites excluding steroid dienone is 2. The van der Waals surface area contributed by atoms with Crippen LogP contribution in [0.25, 0.3) is 0 Å². The highest BCUT2D eigenvalue weighted by Crippen LogP contribution is 2.40. The van der Waals surface area contributed by atoms with E-state index in [2.05, 4.69) is 60.8 Å². The molecule has 0 saturated heterocycles. The van der Waals surface area contributed by atoms with E-state index in [1.54, 1.807) is 0 Å². The van der Waals surface area contributed by atoms with E-state index >= 15 is 0 Å². The second kappa shape index (κ2) is 21.5. The maximum Gasteiger partial charge on any atom is 0.220 e. The van der Waals surface area contributed by atoms with Crippen LogP contribution < -0.4 is 5.32 Å². The number of hydrogen-bond donors (Lipinski definition) is 2. The molecule has 0 aliphatic carbocycles. The summed E-state index contributed by atoms with van der Waals surface area (Å²) in [6.07, 6.45) is 20.4. The maximum atomic E-state index is 12.5. The molecular formula is C40H55NO3. The van der Waals surface area contributed by atoms with Crippen LogP contribution in [-0.2, 0) is 15.1 Å². The quantitative estimate of drug-likeness (QED) is 0.0650. The Bertz CT molecular complexity index is 1070. The number of hydrogen-bond acceptors (Lipinski definition) is 3. The Morgan fingerprint density at radius 2 is 1.11 bits per heavy atom. The van der Waals surface area contributed by atoms with Crippen molar-refractivity contribution in [1.29, 1.82) is 0 Å². The van der Waals surface area contributed by atoms with Crippen molar-refractivity contribution in [2.24, 2.45) is 0 Å². The highest BCUT2D eigenvalue weighted by molar-refractivity contribution is 5.75. The Labute approximate surface area is 267 Å². The van der Waals surface area contributed by atoms with Crippen molar-refractivity contribution in [1.82, 2.24) is 5.32 Å². The van der Waals surface area contributed by atoms with Gasteiger partial charge in [-0.15, -0.1) is 0 Å². The molecule has 238 valence electrons. The predicted molar refractivity (Wildman–Crippen MR) is 184 cm³/mol. The maximum absolute atomic E-state index is 12.5. The van der Waals surface area contributed by atoms with Gasteiger partial charge in [-0.1, -0.05) is 161 Å². The number of rotatable bonds is 23. The molecule has 0 saturated carbocycles. The zero-order valence-electron chi connectivity index (χ0n) is 27.0. The van der Waals surface area contributed by atoms with Crippen LogP contribution in [0.1, 0.15) is 114 Å². The molecule has 1 atom stereocenters. The van der Waals surface area contributed by atoms with Crippen molar-refractivity contribution in [3.8, 4) is 0 Å². The molecule has 44 heavy (non-hydrogen) atoms. The standard InChI is InChI=1S/C40H55NO3/c1-2-3-4-5-6-7-8-9-10-11-12-13-14-15-25-32-39(43)41-33-38(42)34-44-40(35-26-19-16-20-27-35,36-28-21-17-22-29-36)37-30-23-18-24-31-37/h9-10,16-24,26-31,38,42H,2-8,11-15,25,32-34H2,1H3,(H,41,43)/b10-9-. The first-order valence-electron chi connectivity index (χ1n) is 17.1. The van der Waals surface area contributed by atoms with Crippen molar-refractivity contribution >= 4 is 5.91 Å². The highest BCUT2D eigenvalue weighted by Gasteiger charge is 2.38. The molecule has 0 spiro atoms. The van der Waals surface area contributed by atoms with E-state index in [1.807, 2.05) is 54.6 Å². The molecule has 1 amide bonds. The summed E-state index contributed by atoms with van der Waals surface area (Å²) in [5, 5.41) is 13.8. The van der Waals surface area contributed by atoms with E-state index in [1.165, 1.54) is 57.8 Å². The number of amides is 1. The van der Waals surface area contributed by atoms with Gasteiger partial charge in [0.15, 0.2) is 0 Å². The van der Waals surface area contributed by atoms with Gasteiger partial charge in [0.25, 0.3) is 0 Å². The molecule has 0 heterocycles. The summed E-state index contributed by atoms with van der Waals surface area (Å²) in [5.74, 6) is -0.0119. The minimum Gasteiger partial charge on any atom is -0.389 e. The van der Waals surface area contributed by atoms with Gasteiger partial charge in [-0.3, -0.25) is 4.79 Å². The number of unbranched alkanes of at least 4 members (excludes halogenated alkanes) is 11. The summed E-state index contributed by atoms with van der Waals surface area (Å²) in [4.78, 5) is 12.5. The minimum atomic E-state index is -0.890. The van der Waals surface area contributed by atoms with Crippen molar-refractivity contribution < 1.29 is 14.6 Å². The summed E-state index contributed by atoms with van der Waals surface area (Å²) in [5.41, 5.74) is 2.06. The molecule has 3 aromatic rings. The topological polar surface area (TPSA) is 58.6 Å². The summed E-state index contributed by atoms with van der Waals surface area (Å²) >= 11 is 0. The molecule has 3 aromatic carbocycles. The van der Waals surface area contributed by atoms with Crippen LogP contribution in [0.5, 0.6) is 0 Å². The number of ether oxygens (including phenoxy) is 1. The molecule has 4 nitrogen and oxygen atoms in total. The third kappa shape index (κ3) is 12.4. The van der Waals surface area contributed by atoms with E-state index in [0.717, 1.165) is 42.4 Å². The fourth-order valence-corrected chi connectivity index (χ4v) is 5.73. The van der Waals surface area contributed by atoms with Crippen LogP contribution in [0.2, 0.25) is 0 Å². The number of carbonyl (C=O) groups is 1. The van der Waals surface area contributed by atoms with Crippen LogP contribution in [-0.4, -0.2) is 30.3 Å². The fraction of sp³-hybridized carbons (Fsp3) is 0.475. The first-order valence-corrected chi connectivity index (χ1v) is 17.1. The van der Waals surface area contributed by atoms with Gasteiger partial charge in [-0.25, -0.2) is 0 Å². The van der Waals surface area contributed by atoms with Gasteiger partial charge >= 0.3 is 0 Å². The second-order valence-corrected chi connectivity index (χ2v) is 11.9. The number of aliphatic hydroxyl groups excluding tert-OH is 1. The number of benzene rings is 3. The van der Waals surface area contributed by atoms with E-state index in [9.17, 15) is 9.90 Å². The SMILES string of the molecule is CCCCCCCC/C=C\CCCCCCCC(=O)NCC(O)COC(c1ccccc1)(c1ccccc1)c1ccccc1. The van der Waals surface area contributed by atoms with E-state index < -0.39 is 11.7 Å². The summed E-state index contributed by atoms with van der Waals surface area (Å²) < 4.78 is 6.67. The molecule has 0 bridgehead atoms. The van der Waals surface area contributed by atoms with Crippen molar-refractivity contribution in [3.05, 3.63) is 120 Å². The number of carbonyl (C=O) groups excluding carboxylic acids is 1. The molecule has 1 unspecified atom stereocenters. The zero-order chi connectivity index (χ0) is 31.1. The van der Waals surface area contributed by atoms with Gasteiger partial charge in [-0.05, 0) is 48.8 Å². The van der Waals surface area contributed by atoms with Crippen molar-refractivity contribution in [2.75, 3.05) is 13.2 Å². The van der Waals surface area contributed by atoms with Crippen LogP contribution in [0.4, 0.5) is 0 Å². The lowest BCUT2D eigenvalue weighted by Gasteiger charge is -2.36. The van der Waals surface area contributed by atoms with Crippen LogP contribution in [0.15, 0.2) is 103 Å². The molecular weight excluding hydrogens is 542 g/mol. The lowest BCUT2D eigenvalue weighted by atomic mass is 9.80. The lowest BCUT2D eigenvalue weighted by Crippen LogP contribution is -2.39. The van der Waals surface area contributed by atoms with Gasteiger partial charge in [-0.2, -0.15) is 0 Å². The summed E-state index contributed by atoms with van der Waals surface area (Å²) in [6.45, 7) is 2.50. The average Bonchev–Trinajstić information content (AvgIpc) is 3.07. The van der Waals surface area contributed by atoms with Gasteiger partial charge < -0.3 is 15.2 Å². The Hall–Kier alpha value is -3.21. The van der Waals surface area contributed by atoms with Gasteiger partial charge in [0.1, 0.15) is 5.60 Å². The average molecular weight is 598 g/mol. The monoisotopic (exact) mass is 597 g/mol. The normalized spacial score (nSPS) is 12.4. The van der Waals surface area contributed by atoms with Crippen LogP contribution in [0.3, 0.4) is 0 Å². The van der Waals surface area contributed by atoms with Gasteiger partial charge in [0, 0.05) is 13.0 Å².